The van der Waals surface area contributed by atoms with Gasteiger partial charge in [0.15, 0.2) is 51.9 Å². The predicted molar refractivity (Wildman–Crippen MR) is 243 cm³/mol. The quantitative estimate of drug-likeness (QED) is 0.0788. The van der Waals surface area contributed by atoms with E-state index in [2.05, 4.69) is 20.8 Å². The van der Waals surface area contributed by atoms with Crippen molar-refractivity contribution >= 4 is 51.7 Å². The maximum Gasteiger partial charge on any atom is 0.364 e. The van der Waals surface area contributed by atoms with Gasteiger partial charge in [-0.3, -0.25) is 24.0 Å². The molecule has 23 heteroatoms. The number of rotatable bonds is 9. The number of Topliss-reactive ketones (excluding diaryl/α,β-unsaturated/α-hetero) is 4. The smallest absolute Gasteiger partial charge is 0.364 e. The van der Waals surface area contributed by atoms with Gasteiger partial charge in [0.1, 0.15) is 46.2 Å². The molecule has 6 N–H and O–H groups in total. The zero-order chi connectivity index (χ0) is 51.8. The van der Waals surface area contributed by atoms with Gasteiger partial charge in [0.25, 0.3) is 5.91 Å². The van der Waals surface area contributed by atoms with Crippen LogP contribution in [0, 0.1) is 17.7 Å². The number of esters is 1. The number of nitrogens with one attached hydrogen (secondary N) is 2. The lowest BCUT2D eigenvalue weighted by Gasteiger charge is -2.42. The van der Waals surface area contributed by atoms with Gasteiger partial charge in [-0.05, 0) is 64.0 Å². The number of fused-ring (bicyclic) bond motifs is 2. The van der Waals surface area contributed by atoms with E-state index >= 15 is 0 Å². The molecular formula is C48H46N4O19. The van der Waals surface area contributed by atoms with Gasteiger partial charge in [-0.1, -0.05) is 18.2 Å². The molecule has 1 aliphatic carbocycles. The van der Waals surface area contributed by atoms with E-state index in [-0.39, 0.29) is 45.5 Å². The van der Waals surface area contributed by atoms with Gasteiger partial charge >= 0.3 is 11.6 Å². The minimum absolute atomic E-state index is 0.0251. The Morgan fingerprint density at radius 1 is 0.944 bits per heavy atom. The average Bonchev–Trinajstić information content (AvgIpc) is 3.33. The van der Waals surface area contributed by atoms with E-state index < -0.39 is 152 Å². The summed E-state index contributed by atoms with van der Waals surface area (Å²) in [5, 5.41) is 54.1. The highest BCUT2D eigenvalue weighted by Gasteiger charge is 2.52. The molecule has 5 heterocycles. The summed E-state index contributed by atoms with van der Waals surface area (Å²) in [5.41, 5.74) is -9.35. The van der Waals surface area contributed by atoms with Crippen LogP contribution in [0.2, 0.25) is 0 Å². The van der Waals surface area contributed by atoms with Crippen LogP contribution in [0.3, 0.4) is 0 Å². The van der Waals surface area contributed by atoms with Crippen molar-refractivity contribution in [3.63, 3.8) is 0 Å². The van der Waals surface area contributed by atoms with E-state index in [1.807, 2.05) is 0 Å². The second-order valence-electron chi connectivity index (χ2n) is 17.9. The standard InChI is InChI=1S/C48H46N4O19/c1-17-11-19(3)40(39(59)42(60)48(6)16-49-30-36(56)23-12-18(2)34(54)29(33(17)53)28(23)38(58)41(30)71-48)70-46(63)32-37(57)26(68-27-15-47(5,52-64)43(66-8)20(4)67-27)14-24(50-32)44(61)51-31-35(55)22-10-9-21(65-7)13-25(22)69-45(31)62/h9-14,19-20,27,39-40,43,49,54-55,57,59H,15-16H2,1-8H3,(H,51,61)/b17-11+/t19-,20+,27-,39-,40+,43+,47+,48+/m1/s1. The molecule has 1 saturated heterocycles. The largest absolute Gasteiger partial charge is 0.507 e. The van der Waals surface area contributed by atoms with Crippen molar-refractivity contribution in [1.82, 2.24) is 10.3 Å². The monoisotopic (exact) mass is 982 g/mol. The molecule has 8 rings (SSSR count). The first-order valence-corrected chi connectivity index (χ1v) is 21.9. The second-order valence-corrected chi connectivity index (χ2v) is 17.9. The summed E-state index contributed by atoms with van der Waals surface area (Å²) in [6, 6.07) is 6.18. The highest BCUT2D eigenvalue weighted by molar-refractivity contribution is 6.31. The van der Waals surface area contributed by atoms with E-state index in [0.29, 0.717) is 0 Å². The molecule has 0 unspecified atom stereocenters. The van der Waals surface area contributed by atoms with Crippen molar-refractivity contribution in [3.05, 3.63) is 102 Å². The minimum atomic E-state index is -2.37. The number of pyridine rings is 1. The topological polar surface area (TPSA) is 335 Å². The van der Waals surface area contributed by atoms with Crippen molar-refractivity contribution in [1.29, 1.82) is 0 Å². The lowest BCUT2D eigenvalue weighted by molar-refractivity contribution is -0.210. The van der Waals surface area contributed by atoms with Crippen molar-refractivity contribution in [2.24, 2.45) is 11.1 Å². The first-order chi connectivity index (χ1) is 33.5. The summed E-state index contributed by atoms with van der Waals surface area (Å²) < 4.78 is 39.5. The number of aryl methyl sites for hydroxylation is 1. The third-order valence-corrected chi connectivity index (χ3v) is 12.9. The molecule has 0 radical (unpaired) electrons. The van der Waals surface area contributed by atoms with Gasteiger partial charge in [-0.15, -0.1) is 0 Å². The minimum Gasteiger partial charge on any atom is -0.507 e. The number of aliphatic hydroxyl groups is 1. The number of benzene rings is 2. The van der Waals surface area contributed by atoms with Gasteiger partial charge < -0.3 is 63.9 Å². The maximum absolute atomic E-state index is 14.5. The van der Waals surface area contributed by atoms with Gasteiger partial charge in [0.05, 0.1) is 36.3 Å². The number of anilines is 1. The normalized spacial score (nSPS) is 27.0. The summed E-state index contributed by atoms with van der Waals surface area (Å²) in [4.78, 5) is 115. The molecule has 4 aromatic rings. The number of aromatic hydroxyl groups is 3. The first-order valence-electron chi connectivity index (χ1n) is 21.9. The highest BCUT2D eigenvalue weighted by atomic mass is 16.7. The Kier molecular flexibility index (Phi) is 12.6. The number of hydrogen-bond donors (Lipinski definition) is 6. The van der Waals surface area contributed by atoms with Crippen LogP contribution in [0.5, 0.6) is 28.7 Å². The Hall–Kier alpha value is -8.02. The van der Waals surface area contributed by atoms with E-state index in [4.69, 9.17) is 32.8 Å². The second kappa shape index (κ2) is 18.1. The fourth-order valence-electron chi connectivity index (χ4n) is 9.19. The molecule has 23 nitrogen and oxygen atoms in total. The summed E-state index contributed by atoms with van der Waals surface area (Å²) in [6.07, 6.45) is -6.64. The van der Waals surface area contributed by atoms with Crippen molar-refractivity contribution in [2.45, 2.75) is 89.8 Å². The number of nitroso groups, excluding NO2 is 1. The number of amides is 1. The van der Waals surface area contributed by atoms with Crippen LogP contribution in [0.25, 0.3) is 11.0 Å². The van der Waals surface area contributed by atoms with Crippen LogP contribution < -0.4 is 25.7 Å². The van der Waals surface area contributed by atoms with E-state index in [1.165, 1.54) is 79.2 Å². The van der Waals surface area contributed by atoms with Crippen molar-refractivity contribution in [2.75, 3.05) is 26.1 Å². The number of aromatic nitrogens is 1. The van der Waals surface area contributed by atoms with Crippen LogP contribution in [0.1, 0.15) is 98.7 Å². The Morgan fingerprint density at radius 2 is 1.66 bits per heavy atom. The molecule has 0 saturated carbocycles. The average molecular weight is 983 g/mol. The number of allylic oxidation sites excluding steroid dienone is 3. The Morgan fingerprint density at radius 3 is 2.34 bits per heavy atom. The Balaban J connectivity index is 1.21. The summed E-state index contributed by atoms with van der Waals surface area (Å²) in [7, 11) is 2.70. The lowest BCUT2D eigenvalue weighted by atomic mass is 9.82. The molecule has 8 atom stereocenters. The predicted octanol–water partition coefficient (Wildman–Crippen LogP) is 3.83. The molecule has 0 spiro atoms. The molecule has 2 aromatic heterocycles. The molecule has 4 aliphatic rings. The molecule has 3 bridgehead atoms. The number of aliphatic hydroxyl groups excluding tert-OH is 1. The lowest BCUT2D eigenvalue weighted by Crippen LogP contribution is -2.59. The number of ether oxygens (including phenoxy) is 6. The number of phenols is 1. The van der Waals surface area contributed by atoms with Gasteiger partial charge in [-0.25, -0.2) is 14.6 Å². The Bertz CT molecular complexity index is 3160. The van der Waals surface area contributed by atoms with E-state index in [9.17, 15) is 58.9 Å². The summed E-state index contributed by atoms with van der Waals surface area (Å²) >= 11 is 0. The fourth-order valence-corrected chi connectivity index (χ4v) is 9.19. The summed E-state index contributed by atoms with van der Waals surface area (Å²) in [5.74, 6) is -11.8. The molecule has 71 heavy (non-hydrogen) atoms. The van der Waals surface area contributed by atoms with Crippen molar-refractivity contribution in [3.8, 4) is 28.7 Å². The third-order valence-electron chi connectivity index (χ3n) is 12.9. The van der Waals surface area contributed by atoms with Crippen LogP contribution in [-0.2, 0) is 23.7 Å². The molecule has 372 valence electrons. The van der Waals surface area contributed by atoms with Crippen molar-refractivity contribution < 1.29 is 82.0 Å². The number of phenolic OH excluding ortho intramolecular Hbond substituents is 1. The summed E-state index contributed by atoms with van der Waals surface area (Å²) in [6.45, 7) is 7.72. The zero-order valence-electron chi connectivity index (χ0n) is 39.1. The number of carbonyl (C=O) groups is 6. The third kappa shape index (κ3) is 8.29. The van der Waals surface area contributed by atoms with Gasteiger partial charge in [-0.2, -0.15) is 4.91 Å². The highest BCUT2D eigenvalue weighted by Crippen LogP contribution is 2.42. The van der Waals surface area contributed by atoms with Crippen LogP contribution in [-0.4, -0.2) is 123 Å². The first kappa shape index (κ1) is 49.4. The Labute approximate surface area is 401 Å². The fraction of sp³-hybridized carbons (Fsp3) is 0.375. The molecule has 1 fully saturated rings. The zero-order valence-corrected chi connectivity index (χ0v) is 39.1. The van der Waals surface area contributed by atoms with E-state index in [0.717, 1.165) is 6.07 Å². The number of carbonyl (C=O) groups excluding carboxylic acids is 6. The molecule has 3 aliphatic heterocycles. The SMILES string of the molecule is COc1ccc2c(O)c(NC(=O)c3cc(O[C@@H]4C[C@](C)(N=O)[C@@H](OC)[C@H](C)O4)c(O)c(C(=O)O[C@H]4[C@H](C)/C=C(\C)C(=O)c5c(O)c(C)cc6c5C(=O)C5=C(NC[C@](C)(O5)C(=O)[C@@H]4O)C6=O)n3)c(=O)oc2c1. The number of methoxy groups -OCH3 is 2. The van der Waals surface area contributed by atoms with Crippen LogP contribution in [0.15, 0.2) is 67.8 Å². The van der Waals surface area contributed by atoms with E-state index in [1.54, 1.807) is 6.92 Å². The van der Waals surface area contributed by atoms with Crippen LogP contribution >= 0.6 is 0 Å². The number of ketones is 4. The van der Waals surface area contributed by atoms with Crippen LogP contribution in [0.4, 0.5) is 5.69 Å². The molecular weight excluding hydrogens is 937 g/mol. The maximum atomic E-state index is 14.5. The van der Waals surface area contributed by atoms with Gasteiger partial charge in [0.2, 0.25) is 23.6 Å². The number of hydrogen-bond acceptors (Lipinski definition) is 22. The van der Waals surface area contributed by atoms with Gasteiger partial charge in [0, 0.05) is 37.1 Å². The molecule has 2 aromatic carbocycles. The number of nitrogens with zero attached hydrogens (tertiary/aromatic N) is 2. The molecule has 1 amide bonds.